The summed E-state index contributed by atoms with van der Waals surface area (Å²) in [5.74, 6) is -0.555. The van der Waals surface area contributed by atoms with E-state index in [1.165, 1.54) is 42.0 Å². The van der Waals surface area contributed by atoms with E-state index in [2.05, 4.69) is 39.5 Å². The van der Waals surface area contributed by atoms with Gasteiger partial charge in [-0.3, -0.25) is 9.80 Å². The zero-order valence-electron chi connectivity index (χ0n) is 19.2. The van der Waals surface area contributed by atoms with Gasteiger partial charge in [-0.1, -0.05) is 36.4 Å². The van der Waals surface area contributed by atoms with E-state index in [4.69, 9.17) is 4.74 Å². The normalized spacial score (nSPS) is 21.1. The van der Waals surface area contributed by atoms with Crippen molar-refractivity contribution in [2.75, 3.05) is 32.8 Å². The second-order valence-corrected chi connectivity index (χ2v) is 10.1. The topological polar surface area (TPSA) is 15.7 Å². The second-order valence-electron chi connectivity index (χ2n) is 9.11. The fourth-order valence-electron chi connectivity index (χ4n) is 5.19. The van der Waals surface area contributed by atoms with Crippen LogP contribution in [0.15, 0.2) is 72.1 Å². The van der Waals surface area contributed by atoms with E-state index in [1.807, 2.05) is 0 Å². The first-order valence-corrected chi connectivity index (χ1v) is 12.8. The maximum atomic E-state index is 13.5. The van der Waals surface area contributed by atoms with Gasteiger partial charge in [-0.2, -0.15) is 0 Å². The summed E-state index contributed by atoms with van der Waals surface area (Å²) in [6.45, 7) is 4.55. The number of fused-ring (bicyclic) bond motifs is 2. The molecular weight excluding hydrogens is 450 g/mol. The molecule has 2 bridgehead atoms. The maximum Gasteiger partial charge on any atom is 0.123 e. The lowest BCUT2D eigenvalue weighted by molar-refractivity contribution is 0.0276. The van der Waals surface area contributed by atoms with E-state index in [-0.39, 0.29) is 17.7 Å². The van der Waals surface area contributed by atoms with Crippen LogP contribution >= 0.6 is 11.3 Å². The Morgan fingerprint density at radius 2 is 1.53 bits per heavy atom. The third-order valence-electron chi connectivity index (χ3n) is 6.89. The van der Waals surface area contributed by atoms with Crippen molar-refractivity contribution in [3.63, 3.8) is 0 Å². The van der Waals surface area contributed by atoms with Gasteiger partial charge in [-0.25, -0.2) is 8.78 Å². The lowest BCUT2D eigenvalue weighted by Gasteiger charge is -2.40. The molecule has 5 rings (SSSR count). The van der Waals surface area contributed by atoms with Crippen LogP contribution in [0.5, 0.6) is 0 Å². The van der Waals surface area contributed by atoms with Gasteiger partial charge in [0.25, 0.3) is 0 Å². The Morgan fingerprint density at radius 1 is 0.912 bits per heavy atom. The van der Waals surface area contributed by atoms with E-state index >= 15 is 0 Å². The molecule has 2 fully saturated rings. The van der Waals surface area contributed by atoms with E-state index in [0.717, 1.165) is 37.3 Å². The molecule has 0 spiro atoms. The van der Waals surface area contributed by atoms with Crippen LogP contribution in [0.2, 0.25) is 0 Å². The van der Waals surface area contributed by atoms with Gasteiger partial charge in [-0.05, 0) is 65.8 Å². The van der Waals surface area contributed by atoms with Crippen LogP contribution < -0.4 is 0 Å². The minimum atomic E-state index is -0.346. The lowest BCUT2D eigenvalue weighted by Crippen LogP contribution is -2.54. The number of hydrogen-bond acceptors (Lipinski definition) is 4. The first-order valence-electron chi connectivity index (χ1n) is 12.0. The number of nitrogens with zero attached hydrogens (tertiary/aromatic N) is 2. The zero-order chi connectivity index (χ0) is 23.3. The highest BCUT2D eigenvalue weighted by Crippen LogP contribution is 2.31. The number of hydrogen-bond donors (Lipinski definition) is 0. The van der Waals surface area contributed by atoms with Crippen LogP contribution in [-0.4, -0.2) is 54.7 Å². The van der Waals surface area contributed by atoms with E-state index in [1.54, 1.807) is 35.6 Å². The molecular formula is C28H30F2N2OS. The predicted molar refractivity (Wildman–Crippen MR) is 134 cm³/mol. The molecule has 1 aromatic heterocycles. The van der Waals surface area contributed by atoms with Crippen LogP contribution in [0.4, 0.5) is 8.78 Å². The summed E-state index contributed by atoms with van der Waals surface area (Å²) >= 11 is 1.77. The molecule has 0 saturated carbocycles. The van der Waals surface area contributed by atoms with E-state index in [9.17, 15) is 8.78 Å². The predicted octanol–water partition coefficient (Wildman–Crippen LogP) is 5.99. The SMILES string of the molecule is Fc1ccc(C(OCCN2CC3CCC(C2)N3CC=Cc2cccs2)c2ccc(F)cc2)cc1. The molecule has 2 aliphatic heterocycles. The van der Waals surface area contributed by atoms with Crippen LogP contribution in [0.3, 0.4) is 0 Å². The van der Waals surface area contributed by atoms with Crippen molar-refractivity contribution in [2.24, 2.45) is 0 Å². The third-order valence-corrected chi connectivity index (χ3v) is 7.73. The number of rotatable bonds is 9. The standard InChI is InChI=1S/C28H30F2N2OS/c29-23-9-5-21(6-10-23)28(22-7-11-24(30)12-8-22)33-17-16-31-19-25-13-14-26(20-31)32(25)15-1-3-27-4-2-18-34-27/h1-12,18,25-26,28H,13-17,19-20H2. The minimum Gasteiger partial charge on any atom is -0.367 e. The van der Waals surface area contributed by atoms with Crippen molar-refractivity contribution in [1.82, 2.24) is 9.80 Å². The van der Waals surface area contributed by atoms with Gasteiger partial charge in [0, 0.05) is 43.1 Å². The summed E-state index contributed by atoms with van der Waals surface area (Å²) in [5, 5.41) is 2.11. The number of halogens is 2. The van der Waals surface area contributed by atoms with Crippen molar-refractivity contribution >= 4 is 17.4 Å². The molecule has 34 heavy (non-hydrogen) atoms. The third kappa shape index (κ3) is 5.63. The first-order chi connectivity index (χ1) is 16.7. The van der Waals surface area contributed by atoms with Crippen molar-refractivity contribution in [3.8, 4) is 0 Å². The van der Waals surface area contributed by atoms with Crippen LogP contribution in [-0.2, 0) is 4.74 Å². The molecule has 0 N–H and O–H groups in total. The Morgan fingerprint density at radius 3 is 2.09 bits per heavy atom. The van der Waals surface area contributed by atoms with Gasteiger partial charge < -0.3 is 4.74 Å². The molecule has 2 atom stereocenters. The summed E-state index contributed by atoms with van der Waals surface area (Å²) in [4.78, 5) is 6.47. The van der Waals surface area contributed by atoms with Gasteiger partial charge in [0.2, 0.25) is 0 Å². The Labute approximate surface area is 204 Å². The fraction of sp³-hybridized carbons (Fsp3) is 0.357. The van der Waals surface area contributed by atoms with E-state index in [0.29, 0.717) is 18.7 Å². The maximum absolute atomic E-state index is 13.5. The van der Waals surface area contributed by atoms with Gasteiger partial charge in [0.1, 0.15) is 17.7 Å². The van der Waals surface area contributed by atoms with Crippen molar-refractivity contribution in [3.05, 3.63) is 99.8 Å². The number of benzene rings is 2. The average Bonchev–Trinajstić information content (AvgIpc) is 3.44. The number of piperazine rings is 1. The first kappa shape index (κ1) is 23.4. The summed E-state index contributed by atoms with van der Waals surface area (Å²) in [7, 11) is 0. The fourth-order valence-corrected chi connectivity index (χ4v) is 5.84. The Kier molecular flexibility index (Phi) is 7.50. The Bertz CT molecular complexity index is 1010. The minimum absolute atomic E-state index is 0.278. The molecule has 2 saturated heterocycles. The highest BCUT2D eigenvalue weighted by atomic mass is 32.1. The number of likely N-dealkylation sites (tertiary alicyclic amines) is 1. The van der Waals surface area contributed by atoms with Crippen LogP contribution in [0.1, 0.15) is 34.9 Å². The van der Waals surface area contributed by atoms with Crippen LogP contribution in [0.25, 0.3) is 6.08 Å². The van der Waals surface area contributed by atoms with Gasteiger partial charge in [0.05, 0.1) is 6.61 Å². The molecule has 0 aliphatic carbocycles. The molecule has 2 aromatic carbocycles. The van der Waals surface area contributed by atoms with Crippen LogP contribution in [0, 0.1) is 11.6 Å². The number of thiophene rings is 1. The Hall–Kier alpha value is -2.38. The zero-order valence-corrected chi connectivity index (χ0v) is 20.0. The van der Waals surface area contributed by atoms with Crippen molar-refractivity contribution < 1.29 is 13.5 Å². The molecule has 3 aromatic rings. The molecule has 3 nitrogen and oxygen atoms in total. The second kappa shape index (κ2) is 10.9. The van der Waals surface area contributed by atoms with Gasteiger partial charge in [-0.15, -0.1) is 11.3 Å². The average molecular weight is 481 g/mol. The van der Waals surface area contributed by atoms with Gasteiger partial charge in [0.15, 0.2) is 0 Å². The summed E-state index contributed by atoms with van der Waals surface area (Å²) in [5.41, 5.74) is 1.74. The van der Waals surface area contributed by atoms with Gasteiger partial charge >= 0.3 is 0 Å². The smallest absolute Gasteiger partial charge is 0.123 e. The lowest BCUT2D eigenvalue weighted by atomic mass is 10.0. The molecule has 6 heteroatoms. The summed E-state index contributed by atoms with van der Waals surface area (Å²) < 4.78 is 33.2. The van der Waals surface area contributed by atoms with Crippen molar-refractivity contribution in [2.45, 2.75) is 31.0 Å². The molecule has 3 heterocycles. The molecule has 2 unspecified atom stereocenters. The largest absolute Gasteiger partial charge is 0.367 e. The molecule has 0 amide bonds. The highest BCUT2D eigenvalue weighted by molar-refractivity contribution is 7.10. The Balaban J connectivity index is 1.17. The summed E-state index contributed by atoms with van der Waals surface area (Å²) in [6.07, 6.45) is 6.69. The molecule has 2 aliphatic rings. The molecule has 0 radical (unpaired) electrons. The number of ether oxygens (including phenoxy) is 1. The highest BCUT2D eigenvalue weighted by Gasteiger charge is 2.38. The van der Waals surface area contributed by atoms with Crippen molar-refractivity contribution in [1.29, 1.82) is 0 Å². The molecule has 178 valence electrons. The van der Waals surface area contributed by atoms with E-state index < -0.39 is 0 Å². The summed E-state index contributed by atoms with van der Waals surface area (Å²) in [6, 6.07) is 18.2. The quantitative estimate of drug-likeness (QED) is 0.374. The monoisotopic (exact) mass is 480 g/mol.